The van der Waals surface area contributed by atoms with Gasteiger partial charge < -0.3 is 10.2 Å². The lowest BCUT2D eigenvalue weighted by atomic mass is 9.85. The van der Waals surface area contributed by atoms with E-state index in [1.807, 2.05) is 0 Å². The van der Waals surface area contributed by atoms with Gasteiger partial charge in [-0.15, -0.1) is 0 Å². The number of imide groups is 1. The van der Waals surface area contributed by atoms with Gasteiger partial charge in [-0.1, -0.05) is 12.2 Å². The molecule has 0 spiro atoms. The van der Waals surface area contributed by atoms with Crippen molar-refractivity contribution >= 4 is 17.5 Å². The molecule has 1 heterocycles. The van der Waals surface area contributed by atoms with Gasteiger partial charge in [0.1, 0.15) is 5.75 Å². The second kappa shape index (κ2) is 4.70. The maximum absolute atomic E-state index is 12.6. The fraction of sp³-hybridized carbons (Fsp3) is 0.375. The second-order valence-corrected chi connectivity index (χ2v) is 5.71. The third-order valence-corrected chi connectivity index (χ3v) is 4.80. The first-order valence-electron chi connectivity index (χ1n) is 6.91. The van der Waals surface area contributed by atoms with Gasteiger partial charge in [0, 0.05) is 0 Å². The molecule has 21 heavy (non-hydrogen) atoms. The van der Waals surface area contributed by atoms with Crippen molar-refractivity contribution < 1.29 is 19.8 Å². The molecule has 110 valence electrons. The van der Waals surface area contributed by atoms with E-state index in [0.717, 1.165) is 12.2 Å². The molecule has 4 rings (SSSR count). The first-order valence-corrected chi connectivity index (χ1v) is 6.91. The molecule has 1 aliphatic heterocycles. The van der Waals surface area contributed by atoms with Gasteiger partial charge in [0.2, 0.25) is 11.8 Å². The lowest BCUT2D eigenvalue weighted by molar-refractivity contribution is -0.123. The number of anilines is 1. The molecule has 1 aromatic rings. The van der Waals surface area contributed by atoms with Crippen LogP contribution in [0.15, 0.2) is 36.4 Å². The Labute approximate surface area is 122 Å². The molecular weight excluding hydrogens is 270 g/mol. The number of hydrogen-bond acceptors (Lipinski definition) is 3. The van der Waals surface area contributed by atoms with Gasteiger partial charge in [0.15, 0.2) is 0 Å². The molecule has 4 atom stereocenters. The van der Waals surface area contributed by atoms with Crippen LogP contribution in [0.25, 0.3) is 0 Å². The van der Waals surface area contributed by atoms with E-state index >= 15 is 0 Å². The molecule has 2 N–H and O–H groups in total. The maximum Gasteiger partial charge on any atom is 0.238 e. The average Bonchev–Trinajstić information content (AvgIpc) is 3.14. The minimum atomic E-state index is -0.139. The molecule has 4 unspecified atom stereocenters. The Hall–Kier alpha value is -2.14. The highest BCUT2D eigenvalue weighted by atomic mass is 16.5. The lowest BCUT2D eigenvalue weighted by Gasteiger charge is -2.17. The highest BCUT2D eigenvalue weighted by molar-refractivity contribution is 6.22. The number of fused-ring (bicyclic) bond motifs is 5. The summed E-state index contributed by atoms with van der Waals surface area (Å²) in [7, 11) is 1.59. The summed E-state index contributed by atoms with van der Waals surface area (Å²) < 4.78 is 5.11. The molecule has 5 heteroatoms. The molecule has 0 aromatic heterocycles. The van der Waals surface area contributed by atoms with Gasteiger partial charge in [-0.3, -0.25) is 14.5 Å². The molecule has 1 saturated heterocycles. The Kier molecular flexibility index (Phi) is 3.10. The minimum Gasteiger partial charge on any atom is -0.497 e. The molecule has 2 bridgehead atoms. The van der Waals surface area contributed by atoms with E-state index in [1.54, 1.807) is 31.4 Å². The van der Waals surface area contributed by atoms with Crippen molar-refractivity contribution in [2.45, 2.75) is 6.42 Å². The highest BCUT2D eigenvalue weighted by Gasteiger charge is 2.59. The third kappa shape index (κ3) is 1.74. The molecule has 1 saturated carbocycles. The van der Waals surface area contributed by atoms with Crippen molar-refractivity contribution in [1.82, 2.24) is 0 Å². The number of carbonyl (C=O) groups excluding carboxylic acids is 2. The van der Waals surface area contributed by atoms with Gasteiger partial charge in [-0.2, -0.15) is 0 Å². The molecule has 2 aliphatic carbocycles. The average molecular weight is 287 g/mol. The van der Waals surface area contributed by atoms with Crippen LogP contribution in [0.3, 0.4) is 0 Å². The minimum absolute atomic E-state index is 0. The Morgan fingerprint density at radius 2 is 1.52 bits per heavy atom. The zero-order valence-corrected chi connectivity index (χ0v) is 11.7. The maximum atomic E-state index is 12.6. The highest BCUT2D eigenvalue weighted by Crippen LogP contribution is 2.53. The van der Waals surface area contributed by atoms with Gasteiger partial charge in [0.05, 0.1) is 24.6 Å². The Bertz CT molecular complexity index is 592. The van der Waals surface area contributed by atoms with Crippen LogP contribution >= 0.6 is 0 Å². The van der Waals surface area contributed by atoms with Crippen LogP contribution in [-0.4, -0.2) is 24.4 Å². The zero-order valence-electron chi connectivity index (χ0n) is 11.7. The Morgan fingerprint density at radius 1 is 1.00 bits per heavy atom. The number of nitrogens with zero attached hydrogens (tertiary/aromatic N) is 1. The standard InChI is InChI=1S/C16H15NO3.H2O/c1-20-12-6-4-11(5-7-12)17-15(18)13-9-2-3-10(8-9)14(13)16(17)19;/h2-7,9-10,13-14H,8H2,1H3;1H2. The van der Waals surface area contributed by atoms with Crippen LogP contribution in [-0.2, 0) is 9.59 Å². The van der Waals surface area contributed by atoms with Crippen LogP contribution in [0.2, 0.25) is 0 Å². The van der Waals surface area contributed by atoms with Crippen molar-refractivity contribution in [3.05, 3.63) is 36.4 Å². The second-order valence-electron chi connectivity index (χ2n) is 5.71. The molecule has 0 radical (unpaired) electrons. The Balaban J connectivity index is 0.00000132. The number of carbonyl (C=O) groups is 2. The third-order valence-electron chi connectivity index (χ3n) is 4.80. The largest absolute Gasteiger partial charge is 0.497 e. The van der Waals surface area contributed by atoms with E-state index < -0.39 is 0 Å². The molecule has 1 aromatic carbocycles. The molecule has 2 fully saturated rings. The predicted molar refractivity (Wildman–Crippen MR) is 76.8 cm³/mol. The van der Waals surface area contributed by atoms with E-state index in [2.05, 4.69) is 12.2 Å². The lowest BCUT2D eigenvalue weighted by Crippen LogP contribution is -2.32. The van der Waals surface area contributed by atoms with E-state index in [0.29, 0.717) is 5.69 Å². The summed E-state index contributed by atoms with van der Waals surface area (Å²) in [5.41, 5.74) is 0.648. The fourth-order valence-electron chi connectivity index (χ4n) is 3.89. The van der Waals surface area contributed by atoms with Gasteiger partial charge in [-0.25, -0.2) is 0 Å². The van der Waals surface area contributed by atoms with Gasteiger partial charge in [-0.05, 0) is 42.5 Å². The summed E-state index contributed by atoms with van der Waals surface area (Å²) in [5, 5.41) is 0. The van der Waals surface area contributed by atoms with Crippen LogP contribution in [0, 0.1) is 23.7 Å². The Morgan fingerprint density at radius 3 is 2.00 bits per heavy atom. The monoisotopic (exact) mass is 287 g/mol. The van der Waals surface area contributed by atoms with Crippen molar-refractivity contribution in [2.24, 2.45) is 23.7 Å². The van der Waals surface area contributed by atoms with E-state index in [9.17, 15) is 9.59 Å². The molecule has 3 aliphatic rings. The molecule has 5 nitrogen and oxygen atoms in total. The molecule has 2 amide bonds. The van der Waals surface area contributed by atoms with Gasteiger partial charge >= 0.3 is 0 Å². The van der Waals surface area contributed by atoms with Crippen LogP contribution in [0.5, 0.6) is 5.75 Å². The summed E-state index contributed by atoms with van der Waals surface area (Å²) in [6.07, 6.45) is 5.17. The topological polar surface area (TPSA) is 78.1 Å². The summed E-state index contributed by atoms with van der Waals surface area (Å²) in [6, 6.07) is 7.09. The number of allylic oxidation sites excluding steroid dienone is 2. The van der Waals surface area contributed by atoms with Gasteiger partial charge in [0.25, 0.3) is 0 Å². The molecular formula is C16H17NO4. The SMILES string of the molecule is COc1ccc(N2C(=O)C3C4C=CC(C4)C3C2=O)cc1.O. The van der Waals surface area contributed by atoms with Crippen molar-refractivity contribution in [2.75, 3.05) is 12.0 Å². The summed E-state index contributed by atoms with van der Waals surface area (Å²) >= 11 is 0. The summed E-state index contributed by atoms with van der Waals surface area (Å²) in [6.45, 7) is 0. The number of amides is 2. The summed E-state index contributed by atoms with van der Waals surface area (Å²) in [5.74, 6) is 0.868. The number of hydrogen-bond donors (Lipinski definition) is 0. The number of methoxy groups -OCH3 is 1. The number of benzene rings is 1. The number of ether oxygens (including phenoxy) is 1. The number of rotatable bonds is 2. The normalized spacial score (nSPS) is 32.3. The first kappa shape index (κ1) is 13.8. The smallest absolute Gasteiger partial charge is 0.238 e. The van der Waals surface area contributed by atoms with Crippen molar-refractivity contribution in [1.29, 1.82) is 0 Å². The van der Waals surface area contributed by atoms with Crippen LogP contribution < -0.4 is 9.64 Å². The van der Waals surface area contributed by atoms with Crippen LogP contribution in [0.4, 0.5) is 5.69 Å². The quantitative estimate of drug-likeness (QED) is 0.605. The van der Waals surface area contributed by atoms with E-state index in [4.69, 9.17) is 4.74 Å². The summed E-state index contributed by atoms with van der Waals surface area (Å²) in [4.78, 5) is 26.5. The predicted octanol–water partition coefficient (Wildman–Crippen LogP) is 1.18. The van der Waals surface area contributed by atoms with E-state index in [-0.39, 0.29) is 41.0 Å². The van der Waals surface area contributed by atoms with Crippen LogP contribution in [0.1, 0.15) is 6.42 Å². The van der Waals surface area contributed by atoms with Crippen molar-refractivity contribution in [3.63, 3.8) is 0 Å². The van der Waals surface area contributed by atoms with Crippen molar-refractivity contribution in [3.8, 4) is 5.75 Å². The first-order chi connectivity index (χ1) is 9.70. The fourth-order valence-corrected chi connectivity index (χ4v) is 3.89. The zero-order chi connectivity index (χ0) is 13.9. The van der Waals surface area contributed by atoms with E-state index in [1.165, 1.54) is 4.90 Å².